The van der Waals surface area contributed by atoms with E-state index in [0.29, 0.717) is 33.6 Å². The number of hydrogen-bond acceptors (Lipinski definition) is 9. The molecule has 0 unspecified atom stereocenters. The van der Waals surface area contributed by atoms with Crippen molar-refractivity contribution >= 4 is 44.2 Å². The van der Waals surface area contributed by atoms with Gasteiger partial charge in [0.05, 0.1) is 29.6 Å². The molecule has 0 aliphatic rings. The van der Waals surface area contributed by atoms with E-state index in [1.807, 2.05) is 24.6 Å². The lowest BCUT2D eigenvalue weighted by atomic mass is 9.99. The predicted molar refractivity (Wildman–Crippen MR) is 136 cm³/mol. The second-order valence-corrected chi connectivity index (χ2v) is 10.6. The number of amides is 1. The van der Waals surface area contributed by atoms with Crippen LogP contribution >= 0.6 is 11.6 Å². The number of anilines is 1. The summed E-state index contributed by atoms with van der Waals surface area (Å²) in [4.78, 5) is 29.8. The van der Waals surface area contributed by atoms with Crippen molar-refractivity contribution in [3.8, 4) is 11.5 Å². The molecule has 1 atom stereocenters. The Morgan fingerprint density at radius 2 is 1.94 bits per heavy atom. The highest BCUT2D eigenvalue weighted by atomic mass is 35.5. The highest BCUT2D eigenvalue weighted by molar-refractivity contribution is 7.89. The van der Waals surface area contributed by atoms with E-state index < -0.39 is 22.0 Å². The van der Waals surface area contributed by atoms with Gasteiger partial charge in [0, 0.05) is 18.2 Å². The number of nitrogens with zero attached hydrogens (tertiary/aromatic N) is 4. The van der Waals surface area contributed by atoms with Crippen molar-refractivity contribution in [3.05, 3.63) is 68.2 Å². The minimum atomic E-state index is -3.83. The fourth-order valence-corrected chi connectivity index (χ4v) is 4.42. The van der Waals surface area contributed by atoms with Crippen molar-refractivity contribution < 1.29 is 17.6 Å². The first-order valence-corrected chi connectivity index (χ1v) is 13.0. The number of halogens is 1. The van der Waals surface area contributed by atoms with Gasteiger partial charge in [-0.15, -0.1) is 5.10 Å². The van der Waals surface area contributed by atoms with Crippen molar-refractivity contribution in [2.45, 2.75) is 26.8 Å². The molecule has 3 aromatic heterocycles. The molecular weight excluding hydrogens is 508 g/mol. The maximum Gasteiger partial charge on any atom is 0.285 e. The Hall–Kier alpha value is -3.77. The summed E-state index contributed by atoms with van der Waals surface area (Å²) in [5.74, 6) is -0.629. The number of nitrogens with one attached hydrogen (secondary N) is 2. The van der Waals surface area contributed by atoms with Crippen molar-refractivity contribution in [3.63, 3.8) is 0 Å². The fraction of sp³-hybridized carbons (Fsp3) is 0.261. The van der Waals surface area contributed by atoms with Gasteiger partial charge in [-0.1, -0.05) is 22.9 Å². The van der Waals surface area contributed by atoms with Crippen LogP contribution in [-0.2, 0) is 17.1 Å². The van der Waals surface area contributed by atoms with E-state index in [-0.39, 0.29) is 22.0 Å². The molecular formula is C23H23ClN6O5S. The third-order valence-electron chi connectivity index (χ3n) is 5.42. The first-order valence-electron chi connectivity index (χ1n) is 10.7. The second-order valence-electron chi connectivity index (χ2n) is 8.49. The largest absolute Gasteiger partial charge is 0.453 e. The number of sulfonamides is 1. The number of carbonyl (C=O) groups is 1. The number of aromatic nitrogens is 4. The highest BCUT2D eigenvalue weighted by Gasteiger charge is 2.23. The van der Waals surface area contributed by atoms with Crippen LogP contribution < -0.4 is 15.5 Å². The lowest BCUT2D eigenvalue weighted by molar-refractivity contribution is 0.0977. The Balaban J connectivity index is 1.83. The molecule has 188 valence electrons. The average Bonchev–Trinajstić information content (AvgIpc) is 3.22. The molecule has 1 aromatic carbocycles. The topological polar surface area (TPSA) is 149 Å². The number of fused-ring (bicyclic) bond motifs is 1. The highest BCUT2D eigenvalue weighted by Crippen LogP contribution is 2.32. The molecule has 11 nitrogen and oxygen atoms in total. The molecule has 3 heterocycles. The van der Waals surface area contributed by atoms with Crippen LogP contribution in [0.25, 0.3) is 22.4 Å². The molecule has 0 bridgehead atoms. The predicted octanol–water partition coefficient (Wildman–Crippen LogP) is 3.12. The molecule has 2 N–H and O–H groups in total. The quantitative estimate of drug-likeness (QED) is 0.358. The van der Waals surface area contributed by atoms with Crippen molar-refractivity contribution in [1.82, 2.24) is 24.7 Å². The maximum absolute atomic E-state index is 13.3. The number of rotatable bonds is 6. The zero-order valence-corrected chi connectivity index (χ0v) is 21.7. The van der Waals surface area contributed by atoms with Crippen molar-refractivity contribution in [2.75, 3.05) is 11.6 Å². The lowest BCUT2D eigenvalue weighted by Crippen LogP contribution is -2.31. The summed E-state index contributed by atoms with van der Waals surface area (Å²) in [7, 11) is -2.12. The lowest BCUT2D eigenvalue weighted by Gasteiger charge is -2.20. The first kappa shape index (κ1) is 25.3. The Labute approximate surface area is 211 Å². The van der Waals surface area contributed by atoms with E-state index in [4.69, 9.17) is 16.0 Å². The van der Waals surface area contributed by atoms with E-state index in [1.54, 1.807) is 26.2 Å². The molecule has 0 fully saturated rings. The maximum atomic E-state index is 13.3. The molecule has 4 rings (SSSR count). The third-order valence-corrected chi connectivity index (χ3v) is 6.19. The number of pyridine rings is 1. The number of benzene rings is 1. The van der Waals surface area contributed by atoms with Crippen molar-refractivity contribution in [1.29, 1.82) is 0 Å². The van der Waals surface area contributed by atoms with Crippen LogP contribution in [-0.4, -0.2) is 40.6 Å². The number of hydrogen-bond donors (Lipinski definition) is 2. The van der Waals surface area contributed by atoms with Crippen LogP contribution in [0, 0.1) is 13.8 Å². The molecule has 4 aromatic rings. The molecule has 0 saturated heterocycles. The van der Waals surface area contributed by atoms with Gasteiger partial charge in [-0.2, -0.15) is 0 Å². The monoisotopic (exact) mass is 530 g/mol. The molecule has 0 radical (unpaired) electrons. The van der Waals surface area contributed by atoms with E-state index in [1.165, 1.54) is 16.8 Å². The third kappa shape index (κ3) is 5.09. The summed E-state index contributed by atoms with van der Waals surface area (Å²) >= 11 is 5.96. The molecule has 36 heavy (non-hydrogen) atoms. The van der Waals surface area contributed by atoms with Gasteiger partial charge in [-0.05, 0) is 44.5 Å². The summed E-state index contributed by atoms with van der Waals surface area (Å²) in [5, 5.41) is 11.6. The minimum Gasteiger partial charge on any atom is -0.453 e. The molecule has 0 aliphatic heterocycles. The molecule has 0 spiro atoms. The first-order chi connectivity index (χ1) is 16.8. The molecule has 13 heteroatoms. The van der Waals surface area contributed by atoms with Crippen LogP contribution in [0.1, 0.15) is 40.1 Å². The van der Waals surface area contributed by atoms with Crippen LogP contribution in [0.4, 0.5) is 5.69 Å². The minimum absolute atomic E-state index is 0.0166. The van der Waals surface area contributed by atoms with Crippen LogP contribution in [0.5, 0.6) is 0 Å². The van der Waals surface area contributed by atoms with Crippen LogP contribution in [0.3, 0.4) is 0 Å². The van der Waals surface area contributed by atoms with Gasteiger partial charge in [-0.25, -0.2) is 18.1 Å². The van der Waals surface area contributed by atoms with E-state index >= 15 is 0 Å². The zero-order chi connectivity index (χ0) is 26.4. The second kappa shape index (κ2) is 9.36. The SMILES string of the molecule is Cc1cc([C@@H](C)Nc2ccc(Cl)nc2C(=O)NS(C)(=O)=O)c2oc(-c3cn(C)nn3)c(C)c(=O)c2c1. The summed E-state index contributed by atoms with van der Waals surface area (Å²) in [6.45, 7) is 5.34. The van der Waals surface area contributed by atoms with Gasteiger partial charge < -0.3 is 9.73 Å². The van der Waals surface area contributed by atoms with Gasteiger partial charge >= 0.3 is 0 Å². The van der Waals surface area contributed by atoms with Gasteiger partial charge in [-0.3, -0.25) is 14.3 Å². The van der Waals surface area contributed by atoms with Gasteiger partial charge in [0.1, 0.15) is 16.4 Å². The molecule has 0 aliphatic carbocycles. The summed E-state index contributed by atoms with van der Waals surface area (Å²) in [6.07, 6.45) is 2.52. The smallest absolute Gasteiger partial charge is 0.285 e. The van der Waals surface area contributed by atoms with Crippen molar-refractivity contribution in [2.24, 2.45) is 7.05 Å². The van der Waals surface area contributed by atoms with Gasteiger partial charge in [0.2, 0.25) is 10.0 Å². The average molecular weight is 531 g/mol. The summed E-state index contributed by atoms with van der Waals surface area (Å²) in [6, 6.07) is 6.10. The van der Waals surface area contributed by atoms with Gasteiger partial charge in [0.15, 0.2) is 16.9 Å². The Morgan fingerprint density at radius 1 is 1.22 bits per heavy atom. The van der Waals surface area contributed by atoms with Crippen LogP contribution in [0.2, 0.25) is 5.15 Å². The van der Waals surface area contributed by atoms with E-state index in [0.717, 1.165) is 11.8 Å². The number of carbonyl (C=O) groups excluding carboxylic acids is 1. The van der Waals surface area contributed by atoms with E-state index in [9.17, 15) is 18.0 Å². The summed E-state index contributed by atoms with van der Waals surface area (Å²) in [5.41, 5.74) is 2.48. The summed E-state index contributed by atoms with van der Waals surface area (Å²) < 4.78 is 32.8. The number of aryl methyl sites for hydroxylation is 2. The molecule has 0 saturated carbocycles. The normalized spacial score (nSPS) is 12.5. The van der Waals surface area contributed by atoms with E-state index in [2.05, 4.69) is 20.6 Å². The Kier molecular flexibility index (Phi) is 6.58. The molecule has 1 amide bonds. The van der Waals surface area contributed by atoms with Gasteiger partial charge in [0.25, 0.3) is 5.91 Å². The Morgan fingerprint density at radius 3 is 2.58 bits per heavy atom. The Bertz CT molecular complexity index is 1680. The standard InChI is InChI=1S/C23H23ClN6O5S/c1-11-8-14(13(3)25-16-6-7-18(24)26-19(16)23(32)28-36(5,33)34)22-15(9-11)20(31)12(2)21(35-22)17-10-30(4)29-27-17/h6-10,13,25H,1-5H3,(H,28,32)/t13-/m1/s1. The zero-order valence-electron chi connectivity index (χ0n) is 20.1. The fourth-order valence-electron chi connectivity index (χ4n) is 3.84. The van der Waals surface area contributed by atoms with Crippen LogP contribution in [0.15, 0.2) is 39.7 Å².